The minimum atomic E-state index is 0.479. The molecule has 0 saturated heterocycles. The fraction of sp³-hybridized carbons (Fsp3) is 0.278. The van der Waals surface area contributed by atoms with E-state index in [0.717, 1.165) is 6.42 Å². The van der Waals surface area contributed by atoms with Gasteiger partial charge in [-0.3, -0.25) is 0 Å². The van der Waals surface area contributed by atoms with Crippen molar-refractivity contribution in [1.29, 1.82) is 0 Å². The monoisotopic (exact) mass is 468 g/mol. The summed E-state index contributed by atoms with van der Waals surface area (Å²) in [6.45, 7) is 4.81. The highest BCUT2D eigenvalue weighted by atomic mass is 14.3. The second-order valence-electron chi connectivity index (χ2n) is 10.8. The van der Waals surface area contributed by atoms with Crippen molar-refractivity contribution in [2.24, 2.45) is 0 Å². The molecule has 5 aromatic carbocycles. The van der Waals surface area contributed by atoms with Gasteiger partial charge in [0.15, 0.2) is 0 Å². The first-order valence-electron chi connectivity index (χ1n) is 13.8. The van der Waals surface area contributed by atoms with Gasteiger partial charge in [-0.15, -0.1) is 0 Å². The highest BCUT2D eigenvalue weighted by Gasteiger charge is 2.25. The lowest BCUT2D eigenvalue weighted by atomic mass is 9.75. The minimum Gasteiger partial charge on any atom is -0.0648 e. The minimum absolute atomic E-state index is 0.479. The Morgan fingerprint density at radius 2 is 1.22 bits per heavy atom. The number of hydrogen-bond acceptors (Lipinski definition) is 0. The number of hydrogen-bond donors (Lipinski definition) is 0. The van der Waals surface area contributed by atoms with E-state index in [4.69, 9.17) is 0 Å². The Kier molecular flexibility index (Phi) is 6.36. The fourth-order valence-corrected chi connectivity index (χ4v) is 6.51. The Labute approximate surface area is 216 Å². The third-order valence-electron chi connectivity index (χ3n) is 8.66. The first-order valence-corrected chi connectivity index (χ1v) is 13.8. The summed E-state index contributed by atoms with van der Waals surface area (Å²) < 4.78 is 0. The van der Waals surface area contributed by atoms with Gasteiger partial charge in [0.25, 0.3) is 0 Å². The standard InChI is InChI=1S/C36H36/c1-3-26(27-11-5-4-6-12-27)22-33(21-25(2)29-19-17-28-18-20-30(28)23-29)36-34-15-9-7-13-31(34)24-32-14-8-10-16-35(32)36/h4-17,19,23-26,33H,3,18,20-22H2,1-2H3. The van der Waals surface area contributed by atoms with Crippen LogP contribution in [0.4, 0.5) is 0 Å². The number of benzene rings is 5. The van der Waals surface area contributed by atoms with Gasteiger partial charge in [0, 0.05) is 0 Å². The average Bonchev–Trinajstić information content (AvgIpc) is 2.91. The zero-order valence-electron chi connectivity index (χ0n) is 21.6. The van der Waals surface area contributed by atoms with Crippen molar-refractivity contribution in [3.05, 3.63) is 131 Å². The quantitative estimate of drug-likeness (QED) is 0.199. The lowest BCUT2D eigenvalue weighted by Crippen LogP contribution is -2.13. The summed E-state index contributed by atoms with van der Waals surface area (Å²) in [5, 5.41) is 5.57. The molecule has 1 aliphatic carbocycles. The summed E-state index contributed by atoms with van der Waals surface area (Å²) in [5.74, 6) is 1.55. The van der Waals surface area contributed by atoms with Crippen molar-refractivity contribution >= 4 is 21.5 Å². The maximum absolute atomic E-state index is 2.50. The summed E-state index contributed by atoms with van der Waals surface area (Å²) in [4.78, 5) is 0. The van der Waals surface area contributed by atoms with E-state index in [1.807, 2.05) is 0 Å². The number of rotatable bonds is 8. The van der Waals surface area contributed by atoms with E-state index in [1.54, 1.807) is 16.7 Å². The Bertz CT molecular complexity index is 1440. The van der Waals surface area contributed by atoms with Crippen LogP contribution in [0.5, 0.6) is 0 Å². The van der Waals surface area contributed by atoms with Crippen LogP contribution in [0.3, 0.4) is 0 Å². The van der Waals surface area contributed by atoms with E-state index >= 15 is 0 Å². The second kappa shape index (κ2) is 9.94. The second-order valence-corrected chi connectivity index (χ2v) is 10.8. The van der Waals surface area contributed by atoms with Gasteiger partial charge in [0.05, 0.1) is 0 Å². The maximum Gasteiger partial charge on any atom is -0.0138 e. The number of fused-ring (bicyclic) bond motifs is 3. The Balaban J connectivity index is 1.47. The molecule has 0 N–H and O–H groups in total. The molecule has 5 aromatic rings. The van der Waals surface area contributed by atoms with Crippen LogP contribution in [-0.2, 0) is 12.8 Å². The van der Waals surface area contributed by atoms with Crippen molar-refractivity contribution in [3.63, 3.8) is 0 Å². The van der Waals surface area contributed by atoms with Gasteiger partial charge in [0.1, 0.15) is 0 Å². The van der Waals surface area contributed by atoms with Gasteiger partial charge in [-0.05, 0) is 105 Å². The molecule has 0 heterocycles. The molecule has 0 bridgehead atoms. The van der Waals surface area contributed by atoms with E-state index in [2.05, 4.69) is 117 Å². The maximum atomic E-state index is 2.50. The fourth-order valence-electron chi connectivity index (χ4n) is 6.51. The van der Waals surface area contributed by atoms with E-state index in [1.165, 1.54) is 58.4 Å². The van der Waals surface area contributed by atoms with Crippen LogP contribution in [-0.4, -0.2) is 0 Å². The molecule has 3 atom stereocenters. The first-order chi connectivity index (χ1) is 17.7. The van der Waals surface area contributed by atoms with Gasteiger partial charge in [-0.2, -0.15) is 0 Å². The molecule has 180 valence electrons. The van der Waals surface area contributed by atoms with Crippen LogP contribution in [0.25, 0.3) is 21.5 Å². The van der Waals surface area contributed by atoms with Gasteiger partial charge in [0.2, 0.25) is 0 Å². The molecule has 0 saturated carbocycles. The van der Waals surface area contributed by atoms with Crippen LogP contribution in [0.2, 0.25) is 0 Å². The smallest absolute Gasteiger partial charge is 0.0138 e. The zero-order valence-corrected chi connectivity index (χ0v) is 21.6. The summed E-state index contributed by atoms with van der Waals surface area (Å²) in [5.41, 5.74) is 7.66. The predicted octanol–water partition coefficient (Wildman–Crippen LogP) is 9.95. The van der Waals surface area contributed by atoms with Crippen LogP contribution < -0.4 is 0 Å². The summed E-state index contributed by atoms with van der Waals surface area (Å²) >= 11 is 0. The largest absolute Gasteiger partial charge is 0.0648 e. The molecule has 0 spiro atoms. The molecule has 0 radical (unpaired) electrons. The Hall–Kier alpha value is -3.38. The van der Waals surface area contributed by atoms with Crippen LogP contribution in [0.1, 0.15) is 78.7 Å². The molecular formula is C36H36. The molecule has 6 rings (SSSR count). The highest BCUT2D eigenvalue weighted by Crippen LogP contribution is 2.44. The normalized spacial score (nSPS) is 15.3. The van der Waals surface area contributed by atoms with Gasteiger partial charge in [-0.25, -0.2) is 0 Å². The van der Waals surface area contributed by atoms with E-state index in [9.17, 15) is 0 Å². The highest BCUT2D eigenvalue weighted by molar-refractivity contribution is 6.02. The van der Waals surface area contributed by atoms with Gasteiger partial charge < -0.3 is 0 Å². The van der Waals surface area contributed by atoms with Gasteiger partial charge >= 0.3 is 0 Å². The topological polar surface area (TPSA) is 0 Å². The van der Waals surface area contributed by atoms with Crippen molar-refractivity contribution in [3.8, 4) is 0 Å². The van der Waals surface area contributed by atoms with E-state index in [0.29, 0.717) is 17.8 Å². The van der Waals surface area contributed by atoms with Crippen molar-refractivity contribution < 1.29 is 0 Å². The van der Waals surface area contributed by atoms with E-state index in [-0.39, 0.29) is 0 Å². The van der Waals surface area contributed by atoms with Crippen LogP contribution >= 0.6 is 0 Å². The lowest BCUT2D eigenvalue weighted by Gasteiger charge is -2.29. The molecule has 0 aliphatic heterocycles. The van der Waals surface area contributed by atoms with Gasteiger partial charge in [-0.1, -0.05) is 111 Å². The summed E-state index contributed by atoms with van der Waals surface area (Å²) in [6, 6.07) is 38.9. The predicted molar refractivity (Wildman–Crippen MR) is 155 cm³/mol. The Morgan fingerprint density at radius 1 is 0.583 bits per heavy atom. The van der Waals surface area contributed by atoms with E-state index < -0.39 is 0 Å². The van der Waals surface area contributed by atoms with Crippen molar-refractivity contribution in [2.45, 2.75) is 63.7 Å². The molecule has 0 fully saturated rings. The summed E-state index contributed by atoms with van der Waals surface area (Å²) in [7, 11) is 0. The lowest BCUT2D eigenvalue weighted by molar-refractivity contribution is 0.471. The van der Waals surface area contributed by atoms with Crippen LogP contribution in [0.15, 0.2) is 103 Å². The van der Waals surface area contributed by atoms with Crippen molar-refractivity contribution in [2.75, 3.05) is 0 Å². The third kappa shape index (κ3) is 4.35. The van der Waals surface area contributed by atoms with Crippen LogP contribution in [0, 0.1) is 0 Å². The zero-order chi connectivity index (χ0) is 24.5. The van der Waals surface area contributed by atoms with Crippen molar-refractivity contribution in [1.82, 2.24) is 0 Å². The molecule has 3 unspecified atom stereocenters. The number of aryl methyl sites for hydroxylation is 2. The molecule has 0 heteroatoms. The molecule has 0 nitrogen and oxygen atoms in total. The first kappa shape index (κ1) is 23.0. The Morgan fingerprint density at radius 3 is 1.83 bits per heavy atom. The molecular weight excluding hydrogens is 432 g/mol. The summed E-state index contributed by atoms with van der Waals surface area (Å²) in [6.07, 6.45) is 6.01. The molecule has 1 aliphatic rings. The molecule has 0 amide bonds. The third-order valence-corrected chi connectivity index (χ3v) is 8.66. The SMILES string of the molecule is CCC(CC(CC(C)c1ccc2c(c1)CC2)c1c2ccccc2cc2ccccc12)c1ccccc1. The molecule has 0 aromatic heterocycles. The molecule has 36 heavy (non-hydrogen) atoms. The average molecular weight is 469 g/mol.